The molecule has 5 heteroatoms. The Kier molecular flexibility index (Phi) is 7.22. The van der Waals surface area contributed by atoms with Crippen molar-refractivity contribution in [2.75, 3.05) is 6.61 Å². The molecule has 3 saturated carbocycles. The number of pyridine rings is 1. The van der Waals surface area contributed by atoms with Gasteiger partial charge in [-0.05, 0) is 93.2 Å². The number of ether oxygens (including phenoxy) is 2. The number of esters is 1. The molecule has 4 aliphatic carbocycles. The van der Waals surface area contributed by atoms with E-state index in [1.807, 2.05) is 6.08 Å². The zero-order chi connectivity index (χ0) is 23.4. The van der Waals surface area contributed by atoms with Gasteiger partial charge in [-0.3, -0.25) is 9.78 Å². The van der Waals surface area contributed by atoms with Gasteiger partial charge >= 0.3 is 5.97 Å². The van der Waals surface area contributed by atoms with Gasteiger partial charge in [0.1, 0.15) is 11.9 Å². The first kappa shape index (κ1) is 23.5. The summed E-state index contributed by atoms with van der Waals surface area (Å²) < 4.78 is 11.6. The lowest BCUT2D eigenvalue weighted by Crippen LogP contribution is -2.49. The van der Waals surface area contributed by atoms with Crippen LogP contribution in [0.1, 0.15) is 64.7 Å². The van der Waals surface area contributed by atoms with Crippen molar-refractivity contribution in [1.82, 2.24) is 4.98 Å². The molecule has 1 aromatic rings. The molecule has 0 aromatic carbocycles. The highest BCUT2D eigenvalue weighted by Crippen LogP contribution is 2.63. The Morgan fingerprint density at radius 2 is 2.00 bits per heavy atom. The van der Waals surface area contributed by atoms with E-state index < -0.39 is 0 Å². The first-order valence-electron chi connectivity index (χ1n) is 12.4. The Morgan fingerprint density at radius 1 is 1.15 bits per heavy atom. The molecule has 1 heterocycles. The predicted molar refractivity (Wildman–Crippen MR) is 126 cm³/mol. The molecule has 0 N–H and O–H groups in total. The van der Waals surface area contributed by atoms with Crippen molar-refractivity contribution in [3.05, 3.63) is 36.2 Å². The quantitative estimate of drug-likeness (QED) is 0.459. The lowest BCUT2D eigenvalue weighted by atomic mass is 9.51. The minimum atomic E-state index is -0.274. The van der Waals surface area contributed by atoms with Crippen LogP contribution in [0.25, 0.3) is 0 Å². The molecular weight excluding hydrogens is 414 g/mol. The van der Waals surface area contributed by atoms with Gasteiger partial charge in [0.05, 0.1) is 6.20 Å². The summed E-state index contributed by atoms with van der Waals surface area (Å²) in [7, 11) is 0. The normalized spacial score (nSPS) is 34.5. The fraction of sp³-hybridized carbons (Fsp3) is 0.607. The lowest BCUT2D eigenvalue weighted by Gasteiger charge is -2.54. The van der Waals surface area contributed by atoms with Gasteiger partial charge in [-0.25, -0.2) is 4.79 Å². The van der Waals surface area contributed by atoms with Crippen molar-refractivity contribution < 1.29 is 19.1 Å². The zero-order valence-electron chi connectivity index (χ0n) is 19.6. The number of hydrogen-bond acceptors (Lipinski definition) is 5. The van der Waals surface area contributed by atoms with Gasteiger partial charge < -0.3 is 9.47 Å². The van der Waals surface area contributed by atoms with Gasteiger partial charge in [0.25, 0.3) is 0 Å². The van der Waals surface area contributed by atoms with E-state index >= 15 is 0 Å². The maximum absolute atomic E-state index is 12.6. The number of rotatable bonds is 5. The minimum absolute atomic E-state index is 0.00155. The van der Waals surface area contributed by atoms with E-state index in [9.17, 15) is 9.59 Å². The van der Waals surface area contributed by atoms with Crippen LogP contribution in [0.15, 0.2) is 36.2 Å². The summed E-state index contributed by atoms with van der Waals surface area (Å²) in [5.41, 5.74) is 1.53. The Balaban J connectivity index is 0.00000126. The molecule has 4 aliphatic rings. The Labute approximate surface area is 197 Å². The molecule has 5 nitrogen and oxygen atoms in total. The standard InChI is InChI=1S/C26H33NO4.C2H2/c1-2-26-12-11-21-20-8-6-18(28)14-17(20)5-7-22(21)23(26)9-10-24(26)31-25(29)16-30-19-4-3-13-27-15-19;1-2/h3-4,13-15,20-24H,2,5-12,16H2,1H3;1-2H. The first-order valence-corrected chi connectivity index (χ1v) is 12.4. The van der Waals surface area contributed by atoms with Crippen molar-refractivity contribution in [2.24, 2.45) is 29.1 Å². The largest absolute Gasteiger partial charge is 0.480 e. The van der Waals surface area contributed by atoms with Gasteiger partial charge in [-0.2, -0.15) is 0 Å². The Hall–Kier alpha value is -2.61. The minimum Gasteiger partial charge on any atom is -0.480 e. The number of hydrogen-bond donors (Lipinski definition) is 0. The summed E-state index contributed by atoms with van der Waals surface area (Å²) >= 11 is 0. The van der Waals surface area contributed by atoms with Gasteiger partial charge in [0.2, 0.25) is 0 Å². The van der Waals surface area contributed by atoms with Gasteiger partial charge in [-0.15, -0.1) is 12.8 Å². The van der Waals surface area contributed by atoms with Gasteiger partial charge in [0, 0.05) is 18.0 Å². The summed E-state index contributed by atoms with van der Waals surface area (Å²) in [5.74, 6) is 3.30. The average Bonchev–Trinajstić information content (AvgIpc) is 3.23. The van der Waals surface area contributed by atoms with Crippen LogP contribution in [0.2, 0.25) is 0 Å². The summed E-state index contributed by atoms with van der Waals surface area (Å²) in [5, 5.41) is 0. The van der Waals surface area contributed by atoms with Crippen LogP contribution in [0.3, 0.4) is 0 Å². The zero-order valence-corrected chi connectivity index (χ0v) is 19.6. The van der Waals surface area contributed by atoms with E-state index in [4.69, 9.17) is 9.47 Å². The number of terminal acetylenes is 1. The molecule has 33 heavy (non-hydrogen) atoms. The van der Waals surface area contributed by atoms with Crippen LogP contribution in [0.5, 0.6) is 5.75 Å². The predicted octanol–water partition coefficient (Wildman–Crippen LogP) is 5.15. The summed E-state index contributed by atoms with van der Waals surface area (Å²) in [4.78, 5) is 28.5. The third-order valence-corrected chi connectivity index (χ3v) is 8.86. The molecule has 6 unspecified atom stereocenters. The Morgan fingerprint density at radius 3 is 2.76 bits per heavy atom. The molecule has 0 amide bonds. The summed E-state index contributed by atoms with van der Waals surface area (Å²) in [6.07, 6.45) is 22.8. The highest BCUT2D eigenvalue weighted by Gasteiger charge is 2.58. The fourth-order valence-electron chi connectivity index (χ4n) is 7.55. The number of fused-ring (bicyclic) bond motifs is 5. The van der Waals surface area contributed by atoms with Crippen molar-refractivity contribution >= 4 is 11.8 Å². The number of carbonyl (C=O) groups excluding carboxylic acids is 2. The molecule has 0 aliphatic heterocycles. The number of nitrogens with zero attached hydrogens (tertiary/aromatic N) is 1. The van der Waals surface area contributed by atoms with Crippen molar-refractivity contribution in [1.29, 1.82) is 0 Å². The molecule has 6 atom stereocenters. The van der Waals surface area contributed by atoms with Crippen molar-refractivity contribution in [3.63, 3.8) is 0 Å². The maximum atomic E-state index is 12.6. The van der Waals surface area contributed by atoms with Crippen LogP contribution < -0.4 is 4.74 Å². The molecular formula is C28H35NO4. The smallest absolute Gasteiger partial charge is 0.344 e. The second kappa shape index (κ2) is 10.1. The molecule has 0 spiro atoms. The molecule has 5 rings (SSSR count). The molecule has 0 radical (unpaired) electrons. The average molecular weight is 450 g/mol. The van der Waals surface area contributed by atoms with Gasteiger partial charge in [-0.1, -0.05) is 12.5 Å². The molecule has 3 fully saturated rings. The van der Waals surface area contributed by atoms with Crippen LogP contribution >= 0.6 is 0 Å². The molecule has 0 bridgehead atoms. The monoisotopic (exact) mass is 449 g/mol. The molecule has 176 valence electrons. The number of carbonyl (C=O) groups is 2. The third kappa shape index (κ3) is 4.45. The van der Waals surface area contributed by atoms with Crippen LogP contribution in [0, 0.1) is 41.9 Å². The first-order chi connectivity index (χ1) is 16.1. The van der Waals surface area contributed by atoms with Crippen molar-refractivity contribution in [2.45, 2.75) is 70.8 Å². The second-order valence-electron chi connectivity index (χ2n) is 9.96. The van der Waals surface area contributed by atoms with Crippen molar-refractivity contribution in [3.8, 4) is 18.6 Å². The van der Waals surface area contributed by atoms with E-state index in [0.29, 0.717) is 35.2 Å². The van der Waals surface area contributed by atoms with E-state index in [0.717, 1.165) is 44.9 Å². The SMILES string of the molecule is C#C.CCC12CCC3C4CCC(=O)C=C4CCC3C1CCC2OC(=O)COc1cccnc1. The third-order valence-electron chi connectivity index (χ3n) is 8.86. The molecule has 0 saturated heterocycles. The maximum Gasteiger partial charge on any atom is 0.344 e. The molecule has 1 aromatic heterocycles. The number of ketones is 1. The van der Waals surface area contributed by atoms with Crippen LogP contribution in [-0.2, 0) is 14.3 Å². The van der Waals surface area contributed by atoms with Gasteiger partial charge in [0.15, 0.2) is 12.4 Å². The second-order valence-corrected chi connectivity index (χ2v) is 9.96. The van der Waals surface area contributed by atoms with Crippen LogP contribution in [-0.4, -0.2) is 29.4 Å². The Bertz CT molecular complexity index is 907. The van der Waals surface area contributed by atoms with E-state index in [1.165, 1.54) is 18.4 Å². The highest BCUT2D eigenvalue weighted by atomic mass is 16.6. The lowest BCUT2D eigenvalue weighted by molar-refractivity contribution is -0.163. The number of allylic oxidation sites excluding steroid dienone is 1. The van der Waals surface area contributed by atoms with E-state index in [1.54, 1.807) is 24.5 Å². The van der Waals surface area contributed by atoms with E-state index in [-0.39, 0.29) is 24.1 Å². The van der Waals surface area contributed by atoms with Crippen LogP contribution in [0.4, 0.5) is 0 Å². The fourth-order valence-corrected chi connectivity index (χ4v) is 7.55. The summed E-state index contributed by atoms with van der Waals surface area (Å²) in [6.45, 7) is 2.21. The topological polar surface area (TPSA) is 65.5 Å². The number of aromatic nitrogens is 1. The highest BCUT2D eigenvalue weighted by molar-refractivity contribution is 5.91. The van der Waals surface area contributed by atoms with E-state index in [2.05, 4.69) is 24.8 Å². The summed E-state index contributed by atoms with van der Waals surface area (Å²) in [6, 6.07) is 3.59.